The Balaban J connectivity index is 0.000000405. The van der Waals surface area contributed by atoms with E-state index >= 15 is 0 Å². The van der Waals surface area contributed by atoms with Gasteiger partial charge in [-0.05, 0) is 0 Å². The first-order chi connectivity index (χ1) is 3.95. The van der Waals surface area contributed by atoms with Crippen LogP contribution in [-0.4, -0.2) is 34.5 Å². The predicted molar refractivity (Wildman–Crippen MR) is 43.9 cm³/mol. The fourth-order valence-electron chi connectivity index (χ4n) is 1.32. The van der Waals surface area contributed by atoms with Gasteiger partial charge in [-0.2, -0.15) is 0 Å². The Labute approximate surface area is 68.9 Å². The van der Waals surface area contributed by atoms with Crippen molar-refractivity contribution in [3.63, 3.8) is 0 Å². The summed E-state index contributed by atoms with van der Waals surface area (Å²) < 4.78 is 0. The molecule has 0 N–H and O–H groups in total. The summed E-state index contributed by atoms with van der Waals surface area (Å²) in [7, 11) is 1.84. The molecule has 3 aliphatic rings. The molecule has 3 saturated heterocycles. The van der Waals surface area contributed by atoms with Crippen LogP contribution >= 0.6 is 0 Å². The van der Waals surface area contributed by atoms with E-state index in [4.69, 9.17) is 0 Å². The Morgan fingerprint density at radius 3 is 0.889 bits per heavy atom. The molecule has 0 unspecified atom stereocenters. The Hall–Kier alpha value is 0.990. The van der Waals surface area contributed by atoms with Crippen molar-refractivity contribution >= 4 is 21.8 Å². The van der Waals surface area contributed by atoms with Crippen LogP contribution < -0.4 is 12.4 Å². The van der Waals surface area contributed by atoms with Crippen molar-refractivity contribution in [3.8, 4) is 0 Å². The van der Waals surface area contributed by atoms with Gasteiger partial charge in [0.1, 0.15) is 0 Å². The second kappa shape index (κ2) is 3.40. The molecule has 0 atom stereocenters. The minimum atomic E-state index is 0. The van der Waals surface area contributed by atoms with Crippen molar-refractivity contribution in [2.24, 2.45) is 0 Å². The van der Waals surface area contributed by atoms with Crippen LogP contribution in [0.2, 0.25) is 0 Å². The van der Waals surface area contributed by atoms with Gasteiger partial charge in [0.25, 0.3) is 0 Å². The average molecular weight is 184 g/mol. The second-order valence-electron chi connectivity index (χ2n) is 2.45. The summed E-state index contributed by atoms with van der Waals surface area (Å²) in [5, 5.41) is 0. The van der Waals surface area contributed by atoms with E-state index in [0.29, 0.717) is 0 Å². The van der Waals surface area contributed by atoms with E-state index in [1.807, 2.05) is 0 Å². The molecule has 0 aromatic rings. The molecule has 54 valence electrons. The van der Waals surface area contributed by atoms with Crippen LogP contribution in [0, 0.1) is 0 Å². The zero-order chi connectivity index (χ0) is 5.40. The summed E-state index contributed by atoms with van der Waals surface area (Å²) in [6, 6.07) is 0. The Morgan fingerprint density at radius 2 is 0.778 bits per heavy atom. The van der Waals surface area contributed by atoms with Gasteiger partial charge in [0.2, 0.25) is 0 Å². The summed E-state index contributed by atoms with van der Waals surface area (Å²) in [6.45, 7) is 0. The van der Waals surface area contributed by atoms with E-state index in [1.54, 1.807) is 34.5 Å². The molecule has 9 heavy (non-hydrogen) atoms. The van der Waals surface area contributed by atoms with Gasteiger partial charge >= 0.3 is 0 Å². The maximum absolute atomic E-state index is 1.60. The normalized spacial score (nSPS) is 40.0. The highest BCUT2D eigenvalue weighted by molar-refractivity contribution is 8.06. The zero-order valence-electron chi connectivity index (χ0n) is 5.44. The summed E-state index contributed by atoms with van der Waals surface area (Å²) in [4.78, 5) is 0. The van der Waals surface area contributed by atoms with E-state index in [9.17, 15) is 0 Å². The maximum Gasteiger partial charge on any atom is 0.152 e. The number of halogens is 1. The van der Waals surface area contributed by atoms with Crippen LogP contribution in [-0.2, 0) is 21.8 Å². The number of hydrogen-bond donors (Lipinski definition) is 0. The highest BCUT2D eigenvalue weighted by Gasteiger charge is 2.41. The lowest BCUT2D eigenvalue weighted by atomic mass is 10.9. The summed E-state index contributed by atoms with van der Waals surface area (Å²) in [5.74, 6) is 9.60. The van der Waals surface area contributed by atoms with E-state index < -0.39 is 0 Å². The van der Waals surface area contributed by atoms with Gasteiger partial charge < -0.3 is 12.4 Å². The largest absolute Gasteiger partial charge is 1.00 e. The van der Waals surface area contributed by atoms with Gasteiger partial charge in [0.15, 0.2) is 34.5 Å². The fraction of sp³-hybridized carbons (Fsp3) is 1.00. The van der Waals surface area contributed by atoms with Gasteiger partial charge in [0.05, 0.1) is 0 Å². The third kappa shape index (κ3) is 1.72. The Kier molecular flexibility index (Phi) is 3.06. The van der Waals surface area contributed by atoms with Crippen molar-refractivity contribution in [1.82, 2.24) is 0 Å². The average Bonchev–Trinajstić information content (AvgIpc) is 1.92. The fourth-order valence-corrected chi connectivity index (χ4v) is 8.20. The predicted octanol–water partition coefficient (Wildman–Crippen LogP) is -2.75. The van der Waals surface area contributed by atoms with E-state index in [2.05, 4.69) is 0 Å². The molecule has 3 rings (SSSR count). The summed E-state index contributed by atoms with van der Waals surface area (Å²) in [6.07, 6.45) is 0. The van der Waals surface area contributed by atoms with Gasteiger partial charge in [0, 0.05) is 21.8 Å². The lowest BCUT2D eigenvalue weighted by molar-refractivity contribution is -0.00000161. The van der Waals surface area contributed by atoms with Gasteiger partial charge in [-0.3, -0.25) is 0 Å². The minimum Gasteiger partial charge on any atom is -1.00 e. The quantitative estimate of drug-likeness (QED) is 0.358. The van der Waals surface area contributed by atoms with Gasteiger partial charge in [-0.15, -0.1) is 0 Å². The van der Waals surface area contributed by atoms with Crippen molar-refractivity contribution < 1.29 is 12.4 Å². The van der Waals surface area contributed by atoms with Crippen LogP contribution in [0.1, 0.15) is 0 Å². The topological polar surface area (TPSA) is 0 Å². The van der Waals surface area contributed by atoms with Gasteiger partial charge in [-0.25, -0.2) is 0 Å². The molecule has 3 fully saturated rings. The highest BCUT2D eigenvalue weighted by atomic mass is 35.5. The molecule has 0 spiro atoms. The Bertz CT molecular complexity index is 66.0. The maximum atomic E-state index is 1.60. The molecule has 0 saturated carbocycles. The summed E-state index contributed by atoms with van der Waals surface area (Å²) >= 11 is 0. The molecule has 2 bridgehead atoms. The molecule has 0 aromatic heterocycles. The molecule has 0 nitrogen and oxygen atoms in total. The smallest absolute Gasteiger partial charge is 0.152 e. The first-order valence-corrected chi connectivity index (χ1v) is 6.70. The van der Waals surface area contributed by atoms with E-state index in [-0.39, 0.29) is 12.4 Å². The molecular weight excluding hydrogens is 172 g/mol. The molecule has 3 heteroatoms. The SMILES string of the molecule is C1C[S+]2CC[S+]1CC2.[Cl-]. The lowest BCUT2D eigenvalue weighted by Crippen LogP contribution is -3.00. The number of rotatable bonds is 0. The molecular formula is C6H12ClS2+. The second-order valence-corrected chi connectivity index (χ2v) is 7.35. The molecule has 0 aromatic carbocycles. The van der Waals surface area contributed by atoms with Crippen molar-refractivity contribution in [2.45, 2.75) is 0 Å². The molecule has 3 heterocycles. The standard InChI is InChI=1S/C6H12S2.ClH/c1-2-8-5-3-7(1)4-6-8;/h1-6H2;1H/q+2;/p-1. The van der Waals surface area contributed by atoms with Crippen LogP contribution in [0.5, 0.6) is 0 Å². The zero-order valence-corrected chi connectivity index (χ0v) is 7.83. The molecule has 3 aliphatic heterocycles. The number of fused-ring (bicyclic) bond motifs is 3. The van der Waals surface area contributed by atoms with E-state index in [1.165, 1.54) is 0 Å². The van der Waals surface area contributed by atoms with Crippen molar-refractivity contribution in [1.29, 1.82) is 0 Å². The highest BCUT2D eigenvalue weighted by Crippen LogP contribution is 2.18. The third-order valence-corrected chi connectivity index (χ3v) is 7.45. The van der Waals surface area contributed by atoms with Crippen LogP contribution in [0.25, 0.3) is 0 Å². The molecule has 0 aliphatic carbocycles. The minimum absolute atomic E-state index is 0. The Morgan fingerprint density at radius 1 is 0.556 bits per heavy atom. The monoisotopic (exact) mass is 183 g/mol. The van der Waals surface area contributed by atoms with Crippen molar-refractivity contribution in [2.75, 3.05) is 34.5 Å². The van der Waals surface area contributed by atoms with Crippen LogP contribution in [0.3, 0.4) is 0 Å². The lowest BCUT2D eigenvalue weighted by Gasteiger charge is -2.20. The van der Waals surface area contributed by atoms with Crippen LogP contribution in [0.4, 0.5) is 0 Å². The van der Waals surface area contributed by atoms with Gasteiger partial charge in [-0.1, -0.05) is 0 Å². The first kappa shape index (κ1) is 8.09. The molecule has 0 amide bonds. The summed E-state index contributed by atoms with van der Waals surface area (Å²) in [5.41, 5.74) is 0. The van der Waals surface area contributed by atoms with Crippen molar-refractivity contribution in [3.05, 3.63) is 0 Å². The number of hydrogen-bond acceptors (Lipinski definition) is 0. The third-order valence-electron chi connectivity index (χ3n) is 1.98. The van der Waals surface area contributed by atoms with Crippen LogP contribution in [0.15, 0.2) is 0 Å². The molecule has 0 radical (unpaired) electrons. The van der Waals surface area contributed by atoms with E-state index in [0.717, 1.165) is 21.8 Å². The first-order valence-electron chi connectivity index (χ1n) is 3.23.